The van der Waals surface area contributed by atoms with E-state index in [-0.39, 0.29) is 24.3 Å². The molecule has 0 saturated heterocycles. The average Bonchev–Trinajstić information content (AvgIpc) is 2.70. The van der Waals surface area contributed by atoms with Gasteiger partial charge in [0, 0.05) is 17.1 Å². The summed E-state index contributed by atoms with van der Waals surface area (Å²) in [6, 6.07) is 12.1. The van der Waals surface area contributed by atoms with Gasteiger partial charge in [0.15, 0.2) is 0 Å². The van der Waals surface area contributed by atoms with Crippen molar-refractivity contribution in [2.45, 2.75) is 13.0 Å². The summed E-state index contributed by atoms with van der Waals surface area (Å²) in [5, 5.41) is 5.92. The summed E-state index contributed by atoms with van der Waals surface area (Å²) in [7, 11) is 0. The lowest BCUT2D eigenvalue weighted by atomic mass is 9.96. The first-order valence-electron chi connectivity index (χ1n) is 8.77. The molecule has 1 atom stereocenters. The number of halogens is 1. The van der Waals surface area contributed by atoms with Crippen LogP contribution in [0.3, 0.4) is 0 Å². The van der Waals surface area contributed by atoms with Crippen molar-refractivity contribution < 1.29 is 19.1 Å². The molecule has 3 rings (SSSR count). The number of nitrogens with two attached hydrogens (primary N) is 1. The van der Waals surface area contributed by atoms with E-state index in [4.69, 9.17) is 22.1 Å². The number of carbonyl (C=O) groups excluding carboxylic acids is 3. The maximum absolute atomic E-state index is 12.5. The largest absolute Gasteiger partial charge is 0.492 e. The molecule has 28 heavy (non-hydrogen) atoms. The summed E-state index contributed by atoms with van der Waals surface area (Å²) in [5.41, 5.74) is 7.17. The highest BCUT2D eigenvalue weighted by Crippen LogP contribution is 2.29. The van der Waals surface area contributed by atoms with Crippen LogP contribution in [0.25, 0.3) is 0 Å². The van der Waals surface area contributed by atoms with Crippen molar-refractivity contribution in [1.82, 2.24) is 10.6 Å². The predicted octanol–water partition coefficient (Wildman–Crippen LogP) is 1.42. The van der Waals surface area contributed by atoms with E-state index in [1.807, 2.05) is 12.1 Å². The topological polar surface area (TPSA) is 111 Å². The van der Waals surface area contributed by atoms with E-state index in [9.17, 15) is 14.4 Å². The Labute approximate surface area is 167 Å². The minimum atomic E-state index is -0.607. The summed E-state index contributed by atoms with van der Waals surface area (Å²) in [6.07, 6.45) is 0.570. The third-order valence-corrected chi connectivity index (χ3v) is 4.64. The molecule has 0 bridgehead atoms. The highest BCUT2D eigenvalue weighted by atomic mass is 35.5. The van der Waals surface area contributed by atoms with Gasteiger partial charge < -0.3 is 21.1 Å². The van der Waals surface area contributed by atoms with E-state index in [0.29, 0.717) is 30.2 Å². The zero-order valence-electron chi connectivity index (χ0n) is 15.0. The molecule has 0 fully saturated rings. The van der Waals surface area contributed by atoms with Gasteiger partial charge >= 0.3 is 0 Å². The fourth-order valence-corrected chi connectivity index (χ4v) is 3.10. The molecule has 2 aromatic rings. The predicted molar refractivity (Wildman–Crippen MR) is 104 cm³/mol. The normalized spacial score (nSPS) is 15.1. The summed E-state index contributed by atoms with van der Waals surface area (Å²) in [5.74, 6) is -0.618. The summed E-state index contributed by atoms with van der Waals surface area (Å²) in [4.78, 5) is 35.0. The Morgan fingerprint density at radius 1 is 1.11 bits per heavy atom. The molecule has 0 aliphatic carbocycles. The lowest BCUT2D eigenvalue weighted by molar-refractivity contribution is -0.126. The molecule has 4 N–H and O–H groups in total. The number of hydrogen-bond acceptors (Lipinski definition) is 4. The second-order valence-corrected chi connectivity index (χ2v) is 6.96. The molecule has 0 aromatic heterocycles. The van der Waals surface area contributed by atoms with Gasteiger partial charge in [-0.1, -0.05) is 23.7 Å². The SMILES string of the molecule is NC(=O)CNC(=O)c1ccc(CNC(=O)C2COc3ccc(Cl)cc3C2)cc1. The number of rotatable bonds is 6. The van der Waals surface area contributed by atoms with Crippen molar-refractivity contribution in [3.8, 4) is 5.75 Å². The second-order valence-electron chi connectivity index (χ2n) is 6.53. The van der Waals surface area contributed by atoms with Crippen LogP contribution in [0.1, 0.15) is 21.5 Å². The molecule has 7 nitrogen and oxygen atoms in total. The third-order valence-electron chi connectivity index (χ3n) is 4.41. The van der Waals surface area contributed by atoms with Gasteiger partial charge in [-0.05, 0) is 47.9 Å². The first-order chi connectivity index (χ1) is 13.4. The van der Waals surface area contributed by atoms with E-state index in [2.05, 4.69) is 10.6 Å². The Bertz CT molecular complexity index is 899. The average molecular weight is 402 g/mol. The van der Waals surface area contributed by atoms with Crippen molar-refractivity contribution >= 4 is 29.3 Å². The summed E-state index contributed by atoms with van der Waals surface area (Å²) >= 11 is 6.01. The second kappa shape index (κ2) is 8.75. The van der Waals surface area contributed by atoms with E-state index >= 15 is 0 Å². The van der Waals surface area contributed by atoms with Crippen molar-refractivity contribution in [3.63, 3.8) is 0 Å². The van der Waals surface area contributed by atoms with Gasteiger partial charge in [-0.3, -0.25) is 14.4 Å². The zero-order chi connectivity index (χ0) is 20.1. The number of fused-ring (bicyclic) bond motifs is 1. The lowest BCUT2D eigenvalue weighted by Gasteiger charge is -2.24. The van der Waals surface area contributed by atoms with Crippen molar-refractivity contribution in [1.29, 1.82) is 0 Å². The Kier molecular flexibility index (Phi) is 6.16. The number of ether oxygens (including phenoxy) is 1. The molecule has 1 heterocycles. The number of hydrogen-bond donors (Lipinski definition) is 3. The van der Waals surface area contributed by atoms with Crippen molar-refractivity contribution in [3.05, 3.63) is 64.2 Å². The van der Waals surface area contributed by atoms with Gasteiger partial charge in [0.25, 0.3) is 5.91 Å². The highest BCUT2D eigenvalue weighted by Gasteiger charge is 2.26. The van der Waals surface area contributed by atoms with Crippen LogP contribution in [-0.4, -0.2) is 30.9 Å². The van der Waals surface area contributed by atoms with Gasteiger partial charge in [-0.2, -0.15) is 0 Å². The molecule has 0 saturated carbocycles. The molecule has 3 amide bonds. The molecule has 1 aliphatic heterocycles. The highest BCUT2D eigenvalue weighted by molar-refractivity contribution is 6.30. The molecule has 0 radical (unpaired) electrons. The maximum atomic E-state index is 12.5. The molecule has 8 heteroatoms. The van der Waals surface area contributed by atoms with Crippen LogP contribution >= 0.6 is 11.6 Å². The van der Waals surface area contributed by atoms with Crippen LogP contribution in [-0.2, 0) is 22.6 Å². The Balaban J connectivity index is 1.52. The van der Waals surface area contributed by atoms with Crippen LogP contribution in [0, 0.1) is 5.92 Å². The first-order valence-corrected chi connectivity index (χ1v) is 9.14. The molecular weight excluding hydrogens is 382 g/mol. The van der Waals surface area contributed by atoms with Crippen LogP contribution in [0.2, 0.25) is 5.02 Å². The van der Waals surface area contributed by atoms with Crippen LogP contribution < -0.4 is 21.1 Å². The minimum absolute atomic E-state index is 0.103. The number of benzene rings is 2. The van der Waals surface area contributed by atoms with Gasteiger partial charge in [-0.15, -0.1) is 0 Å². The van der Waals surface area contributed by atoms with E-state index in [1.54, 1.807) is 30.3 Å². The number of carbonyl (C=O) groups is 3. The van der Waals surface area contributed by atoms with E-state index in [1.165, 1.54) is 0 Å². The van der Waals surface area contributed by atoms with Gasteiger partial charge in [-0.25, -0.2) is 0 Å². The van der Waals surface area contributed by atoms with Crippen molar-refractivity contribution in [2.24, 2.45) is 11.7 Å². The number of amides is 3. The fourth-order valence-electron chi connectivity index (χ4n) is 2.91. The Morgan fingerprint density at radius 2 is 1.86 bits per heavy atom. The zero-order valence-corrected chi connectivity index (χ0v) is 15.8. The number of nitrogens with one attached hydrogen (secondary N) is 2. The third kappa shape index (κ3) is 5.01. The smallest absolute Gasteiger partial charge is 0.251 e. The molecule has 2 aromatic carbocycles. The fraction of sp³-hybridized carbons (Fsp3) is 0.250. The molecule has 1 aliphatic rings. The monoisotopic (exact) mass is 401 g/mol. The Morgan fingerprint density at radius 3 is 2.57 bits per heavy atom. The van der Waals surface area contributed by atoms with Crippen LogP contribution in [0.5, 0.6) is 5.75 Å². The van der Waals surface area contributed by atoms with Crippen molar-refractivity contribution in [2.75, 3.05) is 13.2 Å². The van der Waals surface area contributed by atoms with Gasteiger partial charge in [0.05, 0.1) is 12.5 Å². The molecule has 146 valence electrons. The van der Waals surface area contributed by atoms with Gasteiger partial charge in [0.1, 0.15) is 12.4 Å². The molecule has 1 unspecified atom stereocenters. The molecular formula is C20H20ClN3O4. The quantitative estimate of drug-likeness (QED) is 0.679. The maximum Gasteiger partial charge on any atom is 0.251 e. The van der Waals surface area contributed by atoms with Crippen LogP contribution in [0.4, 0.5) is 0 Å². The standard InChI is InChI=1S/C20H20ClN3O4/c21-16-5-6-17-14(8-16)7-15(11-28-17)20(27)23-9-12-1-3-13(4-2-12)19(26)24-10-18(22)25/h1-6,8,15H,7,9-11H2,(H2,22,25)(H,23,27)(H,24,26). The Hall–Kier alpha value is -3.06. The van der Waals surface area contributed by atoms with Crippen LogP contribution in [0.15, 0.2) is 42.5 Å². The van der Waals surface area contributed by atoms with E-state index < -0.39 is 5.91 Å². The van der Waals surface area contributed by atoms with Gasteiger partial charge in [0.2, 0.25) is 11.8 Å². The number of primary amides is 1. The van der Waals surface area contributed by atoms with E-state index in [0.717, 1.165) is 16.9 Å². The summed E-state index contributed by atoms with van der Waals surface area (Å²) in [6.45, 7) is 0.439. The summed E-state index contributed by atoms with van der Waals surface area (Å²) < 4.78 is 5.65. The lowest BCUT2D eigenvalue weighted by Crippen LogP contribution is -2.37. The first kappa shape index (κ1) is 19.7. The minimum Gasteiger partial charge on any atom is -0.492 e. The molecule has 0 spiro atoms.